The predicted octanol–water partition coefficient (Wildman–Crippen LogP) is 5.55. The Kier molecular flexibility index (Phi) is 7.98. The van der Waals surface area contributed by atoms with Gasteiger partial charge in [-0.05, 0) is 80.6 Å². The number of ether oxygens (including phenoxy) is 3. The van der Waals surface area contributed by atoms with Gasteiger partial charge in [-0.15, -0.1) is 0 Å². The average molecular weight is 641 g/mol. The molecule has 0 radical (unpaired) electrons. The van der Waals surface area contributed by atoms with Gasteiger partial charge in [0.15, 0.2) is 11.5 Å². The second kappa shape index (κ2) is 11.4. The summed E-state index contributed by atoms with van der Waals surface area (Å²) in [5.41, 5.74) is -0.0918. The minimum Gasteiger partial charge on any atom is -0.483 e. The second-order valence-corrected chi connectivity index (χ2v) is 13.4. The molecule has 11 heteroatoms. The number of nitrogens with zero attached hydrogens (tertiary/aromatic N) is 2. The van der Waals surface area contributed by atoms with E-state index in [0.717, 1.165) is 23.3 Å². The molecule has 46 heavy (non-hydrogen) atoms. The first-order valence-electron chi connectivity index (χ1n) is 15.7. The Morgan fingerprint density at radius 2 is 1.80 bits per heavy atom. The van der Waals surface area contributed by atoms with Gasteiger partial charge in [0.1, 0.15) is 11.7 Å². The number of hydrogen-bond acceptors (Lipinski definition) is 7. The fourth-order valence-corrected chi connectivity index (χ4v) is 8.53. The zero-order chi connectivity index (χ0) is 33.2. The molecule has 2 heterocycles. The van der Waals surface area contributed by atoms with E-state index in [2.05, 4.69) is 4.90 Å². The molecule has 8 nitrogen and oxygen atoms in total. The highest BCUT2D eigenvalue weighted by Crippen LogP contribution is 2.67. The van der Waals surface area contributed by atoms with E-state index >= 15 is 0 Å². The van der Waals surface area contributed by atoms with Crippen LogP contribution in [0.1, 0.15) is 69.2 Å². The normalized spacial score (nSPS) is 28.1. The highest BCUT2D eigenvalue weighted by molar-refractivity contribution is 5.92. The highest BCUT2D eigenvalue weighted by Gasteiger charge is 2.75. The first-order valence-corrected chi connectivity index (χ1v) is 15.7. The van der Waals surface area contributed by atoms with E-state index in [1.165, 1.54) is 38.1 Å². The van der Waals surface area contributed by atoms with Crippen molar-refractivity contribution in [3.05, 3.63) is 64.7 Å². The molecule has 0 unspecified atom stereocenters. The third kappa shape index (κ3) is 5.07. The number of amides is 1. The number of halogens is 3. The summed E-state index contributed by atoms with van der Waals surface area (Å²) in [5, 5.41) is 0. The largest absolute Gasteiger partial charge is 0.483 e. The predicted molar refractivity (Wildman–Crippen MR) is 163 cm³/mol. The molecule has 1 amide bonds. The SMILES string of the molecule is CC(=O)Oc1ccc2c3c1O[C@H]1[C@@H](N(CC(C)C)C(=O)C=Cc4ccc(C(F)(F)F)cc4)CC[C@@]4(OC(C)=O)[C@@H](C2)N(C)CC[C@]314. The molecule has 2 aromatic rings. The van der Waals surface area contributed by atoms with Crippen LogP contribution in [-0.2, 0) is 37.1 Å². The third-order valence-electron chi connectivity index (χ3n) is 10.1. The van der Waals surface area contributed by atoms with Crippen molar-refractivity contribution in [1.82, 2.24) is 9.80 Å². The van der Waals surface area contributed by atoms with Gasteiger partial charge in [0.25, 0.3) is 0 Å². The van der Waals surface area contributed by atoms with Crippen molar-refractivity contribution >= 4 is 23.9 Å². The van der Waals surface area contributed by atoms with Gasteiger partial charge in [-0.3, -0.25) is 19.3 Å². The van der Waals surface area contributed by atoms with Gasteiger partial charge in [0.2, 0.25) is 5.91 Å². The van der Waals surface area contributed by atoms with Gasteiger partial charge in [-0.25, -0.2) is 0 Å². The Balaban J connectivity index is 1.44. The van der Waals surface area contributed by atoms with E-state index < -0.39 is 40.9 Å². The average Bonchev–Trinajstić information content (AvgIpc) is 3.33. The molecule has 5 atom stereocenters. The Bertz CT molecular complexity index is 1590. The number of carbonyl (C=O) groups is 3. The molecule has 246 valence electrons. The summed E-state index contributed by atoms with van der Waals surface area (Å²) < 4.78 is 58.2. The molecule has 0 aromatic heterocycles. The van der Waals surface area contributed by atoms with E-state index in [4.69, 9.17) is 14.2 Å². The van der Waals surface area contributed by atoms with Crippen molar-refractivity contribution in [3.8, 4) is 11.5 Å². The lowest BCUT2D eigenvalue weighted by atomic mass is 9.48. The molecule has 1 saturated heterocycles. The smallest absolute Gasteiger partial charge is 0.416 e. The third-order valence-corrected chi connectivity index (χ3v) is 10.1. The van der Waals surface area contributed by atoms with Crippen LogP contribution in [0.25, 0.3) is 6.08 Å². The number of benzene rings is 2. The molecular formula is C35H39F3N2O6. The first-order chi connectivity index (χ1) is 21.7. The summed E-state index contributed by atoms with van der Waals surface area (Å²) in [7, 11) is 2.04. The lowest BCUT2D eigenvalue weighted by Gasteiger charge is -2.65. The Labute approximate surface area is 266 Å². The van der Waals surface area contributed by atoms with Crippen LogP contribution in [0.5, 0.6) is 11.5 Å². The first kappa shape index (κ1) is 32.1. The van der Waals surface area contributed by atoms with Crippen molar-refractivity contribution < 1.29 is 41.8 Å². The summed E-state index contributed by atoms with van der Waals surface area (Å²) in [6, 6.07) is 7.81. The number of piperidine rings is 1. The standard InChI is InChI=1S/C35H39F3N2O6/c1-20(2)19-40(29(43)13-8-23-6-10-25(11-7-23)35(36,37)38)26-14-15-34(46-22(4)42)28-18-24-9-12-27(44-21(3)41)31-30(24)33(34,32(26)45-31)16-17-39(28)5/h6-13,20,26,28,32H,14-19H2,1-5H3/t26-,28+,32-,33-,34+/m0/s1. The maximum atomic E-state index is 14.0. The molecule has 0 N–H and O–H groups in total. The number of alkyl halides is 3. The van der Waals surface area contributed by atoms with Crippen LogP contribution in [0.4, 0.5) is 13.2 Å². The monoisotopic (exact) mass is 640 g/mol. The maximum Gasteiger partial charge on any atom is 0.416 e. The van der Waals surface area contributed by atoms with E-state index in [0.29, 0.717) is 55.8 Å². The summed E-state index contributed by atoms with van der Waals surface area (Å²) in [6.45, 7) is 7.89. The van der Waals surface area contributed by atoms with Crippen LogP contribution in [0, 0.1) is 5.92 Å². The van der Waals surface area contributed by atoms with Gasteiger partial charge in [-0.1, -0.05) is 32.0 Å². The van der Waals surface area contributed by atoms with E-state index in [9.17, 15) is 27.6 Å². The number of likely N-dealkylation sites (tertiary alicyclic amines) is 1. The Morgan fingerprint density at radius 3 is 2.43 bits per heavy atom. The van der Waals surface area contributed by atoms with Gasteiger partial charge < -0.3 is 19.1 Å². The van der Waals surface area contributed by atoms with Crippen LogP contribution in [-0.4, -0.2) is 71.6 Å². The number of esters is 2. The topological polar surface area (TPSA) is 85.4 Å². The van der Waals surface area contributed by atoms with Crippen LogP contribution >= 0.6 is 0 Å². The van der Waals surface area contributed by atoms with Crippen molar-refractivity contribution in [3.63, 3.8) is 0 Å². The summed E-state index contributed by atoms with van der Waals surface area (Å²) in [6.07, 6.45) is 0.0666. The molecule has 2 bridgehead atoms. The maximum absolute atomic E-state index is 14.0. The highest BCUT2D eigenvalue weighted by atomic mass is 19.4. The molecule has 4 aliphatic rings. The van der Waals surface area contributed by atoms with Gasteiger partial charge in [0, 0.05) is 32.0 Å². The molecule has 1 saturated carbocycles. The quantitative estimate of drug-likeness (QED) is 0.223. The second-order valence-electron chi connectivity index (χ2n) is 13.4. The summed E-state index contributed by atoms with van der Waals surface area (Å²) >= 11 is 0. The van der Waals surface area contributed by atoms with Crippen LogP contribution in [0.3, 0.4) is 0 Å². The van der Waals surface area contributed by atoms with Gasteiger partial charge >= 0.3 is 18.1 Å². The fourth-order valence-electron chi connectivity index (χ4n) is 8.53. The zero-order valence-electron chi connectivity index (χ0n) is 26.6. The lowest BCUT2D eigenvalue weighted by molar-refractivity contribution is -0.221. The molecule has 2 aliphatic heterocycles. The Morgan fingerprint density at radius 1 is 1.09 bits per heavy atom. The van der Waals surface area contributed by atoms with E-state index in [-0.39, 0.29) is 23.8 Å². The molecule has 2 aliphatic carbocycles. The number of hydrogen-bond donors (Lipinski definition) is 0. The minimum absolute atomic E-state index is 0.0913. The molecular weight excluding hydrogens is 601 g/mol. The summed E-state index contributed by atoms with van der Waals surface area (Å²) in [5.74, 6) is -0.325. The van der Waals surface area contributed by atoms with Crippen LogP contribution in [0.15, 0.2) is 42.5 Å². The Hall–Kier alpha value is -3.86. The van der Waals surface area contributed by atoms with Crippen LogP contribution < -0.4 is 9.47 Å². The van der Waals surface area contributed by atoms with Crippen molar-refractivity contribution in [1.29, 1.82) is 0 Å². The molecule has 6 rings (SSSR count). The molecule has 2 fully saturated rings. The van der Waals surface area contributed by atoms with Crippen molar-refractivity contribution in [2.24, 2.45) is 5.92 Å². The number of rotatable bonds is 7. The van der Waals surface area contributed by atoms with Crippen molar-refractivity contribution in [2.75, 3.05) is 20.1 Å². The number of carbonyl (C=O) groups excluding carboxylic acids is 3. The fraction of sp³-hybridized carbons (Fsp3) is 0.514. The number of likely N-dealkylation sites (N-methyl/N-ethyl adjacent to an activating group) is 1. The minimum atomic E-state index is -4.45. The van der Waals surface area contributed by atoms with Gasteiger partial charge in [0.05, 0.1) is 23.1 Å². The van der Waals surface area contributed by atoms with Crippen molar-refractivity contribution in [2.45, 2.75) is 88.8 Å². The van der Waals surface area contributed by atoms with E-state index in [1.807, 2.05) is 27.0 Å². The van der Waals surface area contributed by atoms with Gasteiger partial charge in [-0.2, -0.15) is 13.2 Å². The lowest BCUT2D eigenvalue weighted by Crippen LogP contribution is -2.79. The van der Waals surface area contributed by atoms with E-state index in [1.54, 1.807) is 11.0 Å². The molecule has 1 spiro atoms. The summed E-state index contributed by atoms with van der Waals surface area (Å²) in [4.78, 5) is 43.0. The van der Waals surface area contributed by atoms with Crippen LogP contribution in [0.2, 0.25) is 0 Å². The molecule has 2 aromatic carbocycles. The zero-order valence-corrected chi connectivity index (χ0v) is 26.6.